The van der Waals surface area contributed by atoms with Crippen molar-refractivity contribution in [3.05, 3.63) is 29.5 Å². The summed E-state index contributed by atoms with van der Waals surface area (Å²) < 4.78 is 1.80. The highest BCUT2D eigenvalue weighted by atomic mass is 32.1. The van der Waals surface area contributed by atoms with Crippen molar-refractivity contribution in [3.8, 4) is 0 Å². The Morgan fingerprint density at radius 3 is 3.00 bits per heavy atom. The lowest BCUT2D eigenvalue weighted by atomic mass is 9.97. The van der Waals surface area contributed by atoms with E-state index in [1.165, 1.54) is 11.3 Å². The molecule has 0 saturated carbocycles. The predicted octanol–water partition coefficient (Wildman–Crippen LogP) is 2.56. The summed E-state index contributed by atoms with van der Waals surface area (Å²) in [6.45, 7) is 5.68. The number of hydrogen-bond acceptors (Lipinski definition) is 7. The molecule has 0 aromatic carbocycles. The first-order valence-electron chi connectivity index (χ1n) is 8.79. The number of carbonyl (C=O) groups excluding carboxylic acids is 1. The van der Waals surface area contributed by atoms with Crippen molar-refractivity contribution in [1.82, 2.24) is 24.8 Å². The number of hydrogen-bond donors (Lipinski definition) is 1. The number of nitrogens with zero attached hydrogens (tertiary/aromatic N) is 6. The molecule has 1 saturated heterocycles. The van der Waals surface area contributed by atoms with E-state index in [2.05, 4.69) is 39.2 Å². The zero-order chi connectivity index (χ0) is 18.1. The molecule has 0 radical (unpaired) electrons. The third-order valence-electron chi connectivity index (χ3n) is 4.57. The van der Waals surface area contributed by atoms with Crippen molar-refractivity contribution in [1.29, 1.82) is 0 Å². The van der Waals surface area contributed by atoms with E-state index in [0.29, 0.717) is 11.7 Å². The average Bonchev–Trinajstić information content (AvgIpc) is 3.30. The van der Waals surface area contributed by atoms with Crippen LogP contribution in [0.1, 0.15) is 38.4 Å². The minimum atomic E-state index is -0.0735. The van der Waals surface area contributed by atoms with Crippen LogP contribution in [-0.4, -0.2) is 43.8 Å². The molecule has 4 heterocycles. The minimum Gasteiger partial charge on any atom is -0.354 e. The second kappa shape index (κ2) is 6.99. The SMILES string of the molecule is CC(C)c1nnc2ccc(N3CCC[C@@H](C(=O)Nc4nccs4)C3)nn12. The van der Waals surface area contributed by atoms with E-state index in [9.17, 15) is 4.79 Å². The maximum atomic E-state index is 12.5. The minimum absolute atomic E-state index is 0.0258. The van der Waals surface area contributed by atoms with Crippen LogP contribution in [0, 0.1) is 5.92 Å². The Hall–Kier alpha value is -2.55. The third-order valence-corrected chi connectivity index (χ3v) is 5.26. The van der Waals surface area contributed by atoms with E-state index in [1.807, 2.05) is 17.5 Å². The van der Waals surface area contributed by atoms with E-state index in [0.717, 1.165) is 36.7 Å². The van der Waals surface area contributed by atoms with Gasteiger partial charge in [0.05, 0.1) is 5.92 Å². The van der Waals surface area contributed by atoms with Crippen LogP contribution in [0.25, 0.3) is 5.65 Å². The molecule has 1 aliphatic rings. The molecule has 0 unspecified atom stereocenters. The highest BCUT2D eigenvalue weighted by molar-refractivity contribution is 7.13. The van der Waals surface area contributed by atoms with Crippen molar-refractivity contribution >= 4 is 33.8 Å². The van der Waals surface area contributed by atoms with Crippen molar-refractivity contribution in [3.63, 3.8) is 0 Å². The Morgan fingerprint density at radius 2 is 2.23 bits per heavy atom. The molecule has 0 spiro atoms. The third kappa shape index (κ3) is 3.26. The molecule has 136 valence electrons. The maximum Gasteiger partial charge on any atom is 0.231 e. The van der Waals surface area contributed by atoms with Gasteiger partial charge in [0.1, 0.15) is 5.82 Å². The summed E-state index contributed by atoms with van der Waals surface area (Å²) in [6, 6.07) is 3.88. The van der Waals surface area contributed by atoms with Gasteiger partial charge in [-0.1, -0.05) is 13.8 Å². The zero-order valence-corrected chi connectivity index (χ0v) is 15.6. The van der Waals surface area contributed by atoms with Gasteiger partial charge in [0.15, 0.2) is 16.6 Å². The summed E-state index contributed by atoms with van der Waals surface area (Å²) in [5.41, 5.74) is 0.743. The first-order valence-corrected chi connectivity index (χ1v) is 9.67. The molecule has 0 bridgehead atoms. The number of piperidine rings is 1. The topological polar surface area (TPSA) is 88.3 Å². The van der Waals surface area contributed by atoms with Gasteiger partial charge < -0.3 is 10.2 Å². The molecule has 26 heavy (non-hydrogen) atoms. The predicted molar refractivity (Wildman–Crippen MR) is 101 cm³/mol. The Bertz CT molecular complexity index is 905. The van der Waals surface area contributed by atoms with Gasteiger partial charge in [-0.15, -0.1) is 26.6 Å². The van der Waals surface area contributed by atoms with Gasteiger partial charge in [0.2, 0.25) is 5.91 Å². The molecule has 1 atom stereocenters. The number of aromatic nitrogens is 5. The number of anilines is 2. The molecule has 0 aliphatic carbocycles. The molecule has 9 heteroatoms. The summed E-state index contributed by atoms with van der Waals surface area (Å²) >= 11 is 1.43. The zero-order valence-electron chi connectivity index (χ0n) is 14.8. The molecular formula is C17H21N7OS. The van der Waals surface area contributed by atoms with Crippen LogP contribution in [0.5, 0.6) is 0 Å². The smallest absolute Gasteiger partial charge is 0.231 e. The number of thiazole rings is 1. The Morgan fingerprint density at radius 1 is 1.35 bits per heavy atom. The van der Waals surface area contributed by atoms with Crippen LogP contribution < -0.4 is 10.2 Å². The largest absolute Gasteiger partial charge is 0.354 e. The molecule has 1 N–H and O–H groups in total. The second-order valence-corrected chi connectivity index (χ2v) is 7.68. The first-order chi connectivity index (χ1) is 12.6. The van der Waals surface area contributed by atoms with Crippen molar-refractivity contribution in [2.75, 3.05) is 23.3 Å². The van der Waals surface area contributed by atoms with Gasteiger partial charge in [-0.3, -0.25) is 4.79 Å². The van der Waals surface area contributed by atoms with E-state index in [-0.39, 0.29) is 17.7 Å². The fourth-order valence-electron chi connectivity index (χ4n) is 3.22. The lowest BCUT2D eigenvalue weighted by Crippen LogP contribution is -2.41. The van der Waals surface area contributed by atoms with Crippen LogP contribution in [0.3, 0.4) is 0 Å². The summed E-state index contributed by atoms with van der Waals surface area (Å²) in [5.74, 6) is 1.89. The fourth-order valence-corrected chi connectivity index (χ4v) is 3.75. The van der Waals surface area contributed by atoms with Gasteiger partial charge in [-0.25, -0.2) is 4.98 Å². The van der Waals surface area contributed by atoms with Crippen LogP contribution >= 0.6 is 11.3 Å². The highest BCUT2D eigenvalue weighted by Gasteiger charge is 2.27. The van der Waals surface area contributed by atoms with Gasteiger partial charge in [0, 0.05) is 30.6 Å². The van der Waals surface area contributed by atoms with Crippen molar-refractivity contribution in [2.45, 2.75) is 32.6 Å². The van der Waals surface area contributed by atoms with Crippen LogP contribution in [0.15, 0.2) is 23.7 Å². The normalized spacial score (nSPS) is 17.8. The first kappa shape index (κ1) is 16.9. The summed E-state index contributed by atoms with van der Waals surface area (Å²) in [6.07, 6.45) is 3.52. The quantitative estimate of drug-likeness (QED) is 0.758. The van der Waals surface area contributed by atoms with E-state index < -0.39 is 0 Å². The lowest BCUT2D eigenvalue weighted by Gasteiger charge is -2.32. The molecule has 1 aliphatic heterocycles. The molecule has 4 rings (SSSR count). The summed E-state index contributed by atoms with van der Waals surface area (Å²) in [7, 11) is 0. The summed E-state index contributed by atoms with van der Waals surface area (Å²) in [5, 5.41) is 18.5. The van der Waals surface area contributed by atoms with E-state index in [4.69, 9.17) is 5.10 Å². The van der Waals surface area contributed by atoms with Crippen molar-refractivity contribution < 1.29 is 4.79 Å². The van der Waals surface area contributed by atoms with Crippen LogP contribution in [-0.2, 0) is 4.79 Å². The van der Waals surface area contributed by atoms with Gasteiger partial charge in [0.25, 0.3) is 0 Å². The molecule has 1 amide bonds. The lowest BCUT2D eigenvalue weighted by molar-refractivity contribution is -0.120. The number of nitrogens with one attached hydrogen (secondary N) is 1. The fraction of sp³-hybridized carbons (Fsp3) is 0.471. The monoisotopic (exact) mass is 371 g/mol. The molecule has 3 aromatic rings. The molecule has 8 nitrogen and oxygen atoms in total. The Kier molecular flexibility index (Phi) is 4.54. The number of amides is 1. The van der Waals surface area contributed by atoms with Gasteiger partial charge in [-0.2, -0.15) is 4.52 Å². The average molecular weight is 371 g/mol. The van der Waals surface area contributed by atoms with E-state index >= 15 is 0 Å². The molecular weight excluding hydrogens is 350 g/mol. The maximum absolute atomic E-state index is 12.5. The molecule has 1 fully saturated rings. The van der Waals surface area contributed by atoms with Gasteiger partial charge in [-0.05, 0) is 25.0 Å². The van der Waals surface area contributed by atoms with Crippen molar-refractivity contribution in [2.24, 2.45) is 5.92 Å². The molecule has 3 aromatic heterocycles. The summed E-state index contributed by atoms with van der Waals surface area (Å²) in [4.78, 5) is 18.8. The van der Waals surface area contributed by atoms with Crippen LogP contribution in [0.4, 0.5) is 10.9 Å². The highest BCUT2D eigenvalue weighted by Crippen LogP contribution is 2.24. The number of fused-ring (bicyclic) bond motifs is 1. The van der Waals surface area contributed by atoms with Gasteiger partial charge >= 0.3 is 0 Å². The Balaban J connectivity index is 1.53. The Labute approximate surface area is 155 Å². The van der Waals surface area contributed by atoms with Crippen LogP contribution in [0.2, 0.25) is 0 Å². The van der Waals surface area contributed by atoms with E-state index in [1.54, 1.807) is 10.7 Å². The standard InChI is InChI=1S/C17H21N7OS/c1-11(2)15-21-20-13-5-6-14(22-24(13)15)23-8-3-4-12(10-23)16(25)19-17-18-7-9-26-17/h5-7,9,11-12H,3-4,8,10H2,1-2H3,(H,18,19,25)/t12-/m1/s1. The number of carbonyl (C=O) groups is 1. The second-order valence-electron chi connectivity index (χ2n) is 6.79. The number of rotatable bonds is 4.